The molecule has 0 aromatic rings. The van der Waals surface area contributed by atoms with Gasteiger partial charge in [0.1, 0.15) is 42.0 Å². The highest BCUT2D eigenvalue weighted by molar-refractivity contribution is 5.78. The van der Waals surface area contributed by atoms with E-state index in [1.807, 2.05) is 38.2 Å². The zero-order valence-electron chi connectivity index (χ0n) is 39.2. The van der Waals surface area contributed by atoms with Crippen molar-refractivity contribution in [2.45, 2.75) is 191 Å². The molecule has 0 amide bonds. The van der Waals surface area contributed by atoms with Gasteiger partial charge in [-0.05, 0) is 62.8 Å². The minimum Gasteiger partial charge on any atom is -0.462 e. The number of fused-ring (bicyclic) bond motifs is 2. The van der Waals surface area contributed by atoms with Crippen LogP contribution in [0.2, 0.25) is 0 Å². The van der Waals surface area contributed by atoms with Crippen LogP contribution in [-0.4, -0.2) is 141 Å². The summed E-state index contributed by atoms with van der Waals surface area (Å²) in [5.41, 5.74) is 0.626. The fraction of sp³-hybridized carbons (Fsp3) is 0.776. The summed E-state index contributed by atoms with van der Waals surface area (Å²) in [5.74, 6) is -2.35. The number of aliphatic hydroxyl groups excluding tert-OH is 1. The van der Waals surface area contributed by atoms with Gasteiger partial charge in [0.25, 0.3) is 0 Å². The zero-order chi connectivity index (χ0) is 45.4. The Hall–Kier alpha value is -2.31. The first-order valence-corrected chi connectivity index (χ1v) is 23.2. The molecule has 6 heterocycles. The molecule has 0 aromatic carbocycles. The Bertz CT molecular complexity index is 1740. The van der Waals surface area contributed by atoms with Crippen LogP contribution in [0.1, 0.15) is 93.9 Å². The van der Waals surface area contributed by atoms with Crippen molar-refractivity contribution < 1.29 is 67.1 Å². The fourth-order valence-electron chi connectivity index (χ4n) is 10.9. The van der Waals surface area contributed by atoms with E-state index in [0.29, 0.717) is 37.7 Å². The molecule has 20 atom stereocenters. The Morgan fingerprint density at radius 1 is 0.857 bits per heavy atom. The molecule has 354 valence electrons. The molecule has 2 bridgehead atoms. The number of hydrogen-bond acceptors (Lipinski definition) is 14. The maximum Gasteiger partial charge on any atom is 0.316 e. The number of allylic oxidation sites excluding steroid dienone is 2. The molecule has 1 spiro atoms. The van der Waals surface area contributed by atoms with Crippen molar-refractivity contribution in [1.29, 1.82) is 0 Å². The Morgan fingerprint density at radius 3 is 2.29 bits per heavy atom. The van der Waals surface area contributed by atoms with E-state index >= 15 is 0 Å². The molecule has 63 heavy (non-hydrogen) atoms. The first-order valence-electron chi connectivity index (χ1n) is 23.2. The van der Waals surface area contributed by atoms with E-state index in [2.05, 4.69) is 46.8 Å². The number of ether oxygens (including phenoxy) is 11. The summed E-state index contributed by atoms with van der Waals surface area (Å²) in [6.07, 6.45) is 9.95. The van der Waals surface area contributed by atoms with Crippen molar-refractivity contribution in [2.24, 2.45) is 23.7 Å². The summed E-state index contributed by atoms with van der Waals surface area (Å²) in [6.45, 7) is 16.4. The number of rotatable bonds is 9. The molecule has 0 radical (unpaired) electrons. The average molecular weight is 887 g/mol. The van der Waals surface area contributed by atoms with Gasteiger partial charge < -0.3 is 62.3 Å². The standard InChI is InChI=1S/C49H74O14/c1-12-26(2)43-29(5)18-19-48(63-43)24-35-21-34(62-48)17-16-28(4)42(60-40-23-38(54-10)45(32(8)58-40)61-39-22-37(53-9)41(50)31(7)57-39)27(3)14-13-15-33-25-56-46-44(55-11)30(6)20-36(47(51)59-35)49(33,46)52/h13-16,18-20,26-27,29,31-32,34-46,50,52H,12,17,21-25H2,1-11H3/b14-13+,28-16+,33-15+/t26-,27-,29-,31-,32-,34+,35-,36-,37-,38-,39-,40-,41-,42?,43+,44+,45?,46+,48+,49+/m0/s1. The highest BCUT2D eigenvalue weighted by atomic mass is 16.7. The third-order valence-electron chi connectivity index (χ3n) is 14.7. The number of hydrogen-bond donors (Lipinski definition) is 2. The molecule has 2 N–H and O–H groups in total. The summed E-state index contributed by atoms with van der Waals surface area (Å²) in [4.78, 5) is 14.5. The molecular weight excluding hydrogens is 813 g/mol. The van der Waals surface area contributed by atoms with E-state index in [4.69, 9.17) is 52.1 Å². The highest BCUT2D eigenvalue weighted by Crippen LogP contribution is 2.48. The molecule has 0 saturated carbocycles. The summed E-state index contributed by atoms with van der Waals surface area (Å²) < 4.78 is 70.0. The van der Waals surface area contributed by atoms with E-state index in [1.54, 1.807) is 34.3 Å². The van der Waals surface area contributed by atoms with Crippen LogP contribution in [0, 0.1) is 23.7 Å². The van der Waals surface area contributed by atoms with Gasteiger partial charge >= 0.3 is 5.97 Å². The lowest BCUT2D eigenvalue weighted by molar-refractivity contribution is -0.318. The molecule has 14 heteroatoms. The lowest BCUT2D eigenvalue weighted by Crippen LogP contribution is -2.58. The van der Waals surface area contributed by atoms with Crippen LogP contribution in [0.4, 0.5) is 0 Å². The average Bonchev–Trinajstić information content (AvgIpc) is 3.59. The Kier molecular flexibility index (Phi) is 15.7. The normalized spacial score (nSPS) is 48.6. The van der Waals surface area contributed by atoms with Crippen molar-refractivity contribution in [2.75, 3.05) is 27.9 Å². The molecule has 1 aliphatic carbocycles. The summed E-state index contributed by atoms with van der Waals surface area (Å²) in [7, 11) is 4.82. The fourth-order valence-corrected chi connectivity index (χ4v) is 10.9. The molecule has 4 fully saturated rings. The SMILES string of the molecule is CC[C@H](C)[C@H]1O[C@]2(C=C[C@@H]1C)C[C@@H]1C[C@@H](C/C=C(\C)C(O[C@H]3C[C@H](OC)C(O[C@H]4C[C@H](OC)[C@@H](O)[C@H](C)O4)[C@H](C)O3)[C@@H](C)/C=C/C=C3\CO[C@@H]4[C@H](OC)C(C)=C[C@@H](C(=O)O1)[C@]34O)O2. The van der Waals surface area contributed by atoms with E-state index < -0.39 is 90.8 Å². The highest BCUT2D eigenvalue weighted by Gasteiger charge is 2.60. The van der Waals surface area contributed by atoms with Gasteiger partial charge in [0.15, 0.2) is 18.4 Å². The topological polar surface area (TPSA) is 159 Å². The molecule has 7 rings (SSSR count). The van der Waals surface area contributed by atoms with Gasteiger partial charge in [0.2, 0.25) is 0 Å². The minimum atomic E-state index is -1.71. The number of methoxy groups -OCH3 is 3. The third-order valence-corrected chi connectivity index (χ3v) is 14.7. The molecule has 0 aromatic heterocycles. The second-order valence-electron chi connectivity index (χ2n) is 19.2. The third kappa shape index (κ3) is 10.0. The molecule has 6 aliphatic heterocycles. The smallest absolute Gasteiger partial charge is 0.316 e. The van der Waals surface area contributed by atoms with Crippen molar-refractivity contribution in [3.05, 3.63) is 59.3 Å². The van der Waals surface area contributed by atoms with E-state index in [1.165, 1.54) is 0 Å². The predicted molar refractivity (Wildman–Crippen MR) is 232 cm³/mol. The number of carbonyl (C=O) groups excluding carboxylic acids is 1. The van der Waals surface area contributed by atoms with E-state index in [-0.39, 0.29) is 42.7 Å². The van der Waals surface area contributed by atoms with Gasteiger partial charge in [0, 0.05) is 58.8 Å². The maximum absolute atomic E-state index is 14.5. The largest absolute Gasteiger partial charge is 0.462 e. The summed E-state index contributed by atoms with van der Waals surface area (Å²) in [6, 6.07) is 0. The van der Waals surface area contributed by atoms with Crippen LogP contribution < -0.4 is 0 Å². The zero-order valence-corrected chi connectivity index (χ0v) is 39.2. The van der Waals surface area contributed by atoms with Gasteiger partial charge in [-0.2, -0.15) is 0 Å². The van der Waals surface area contributed by atoms with Gasteiger partial charge in [-0.15, -0.1) is 0 Å². The Morgan fingerprint density at radius 2 is 1.57 bits per heavy atom. The van der Waals surface area contributed by atoms with Crippen LogP contribution >= 0.6 is 0 Å². The lowest BCUT2D eigenvalue weighted by Gasteiger charge is -2.48. The Labute approximate surface area is 374 Å². The van der Waals surface area contributed by atoms with Crippen LogP contribution in [0.5, 0.6) is 0 Å². The quantitative estimate of drug-likeness (QED) is 0.204. The van der Waals surface area contributed by atoms with E-state index in [9.17, 15) is 15.0 Å². The minimum absolute atomic E-state index is 0.0805. The number of aliphatic hydroxyl groups is 2. The molecule has 4 saturated heterocycles. The first-order chi connectivity index (χ1) is 30.0. The van der Waals surface area contributed by atoms with Crippen molar-refractivity contribution in [3.63, 3.8) is 0 Å². The number of carbonyl (C=O) groups is 1. The van der Waals surface area contributed by atoms with Crippen LogP contribution in [0.25, 0.3) is 0 Å². The molecular formula is C49H74O14. The van der Waals surface area contributed by atoms with Crippen molar-refractivity contribution in [1.82, 2.24) is 0 Å². The lowest BCUT2D eigenvalue weighted by atomic mass is 9.70. The van der Waals surface area contributed by atoms with Crippen LogP contribution in [0.3, 0.4) is 0 Å². The first kappa shape index (κ1) is 48.6. The number of esters is 1. The predicted octanol–water partition coefficient (Wildman–Crippen LogP) is 6.03. The van der Waals surface area contributed by atoms with Gasteiger partial charge in [-0.3, -0.25) is 4.79 Å². The van der Waals surface area contributed by atoms with Crippen molar-refractivity contribution in [3.8, 4) is 0 Å². The second-order valence-corrected chi connectivity index (χ2v) is 19.2. The van der Waals surface area contributed by atoms with Gasteiger partial charge in [-0.25, -0.2) is 0 Å². The maximum atomic E-state index is 14.5. The van der Waals surface area contributed by atoms with Gasteiger partial charge in [0.05, 0.1) is 49.3 Å². The molecule has 2 unspecified atom stereocenters. The summed E-state index contributed by atoms with van der Waals surface area (Å²) in [5, 5.41) is 23.2. The Balaban J connectivity index is 1.19. The van der Waals surface area contributed by atoms with Crippen molar-refractivity contribution >= 4 is 5.97 Å². The summed E-state index contributed by atoms with van der Waals surface area (Å²) >= 11 is 0. The van der Waals surface area contributed by atoms with Gasteiger partial charge in [-0.1, -0.05) is 70.6 Å². The van der Waals surface area contributed by atoms with E-state index in [0.717, 1.165) is 17.6 Å². The van der Waals surface area contributed by atoms with Crippen LogP contribution in [0.15, 0.2) is 59.3 Å². The molecule has 14 nitrogen and oxygen atoms in total. The van der Waals surface area contributed by atoms with Crippen LogP contribution in [-0.2, 0) is 56.9 Å². The second kappa shape index (κ2) is 20.3. The monoisotopic (exact) mass is 887 g/mol. The molecule has 7 aliphatic rings.